The van der Waals surface area contributed by atoms with Crippen molar-refractivity contribution in [1.29, 1.82) is 0 Å². The minimum Gasteiger partial charge on any atom is -0.340 e. The van der Waals surface area contributed by atoms with E-state index in [1.165, 1.54) is 110 Å². The summed E-state index contributed by atoms with van der Waals surface area (Å²) in [4.78, 5) is 22.7. The van der Waals surface area contributed by atoms with Gasteiger partial charge in [0.2, 0.25) is 0 Å². The molecule has 0 atom stereocenters. The highest BCUT2D eigenvalue weighted by Crippen LogP contribution is 2.52. The predicted molar refractivity (Wildman–Crippen MR) is 224 cm³/mol. The Balaban J connectivity index is 1.17. The Morgan fingerprint density at radius 3 is 1.65 bits per heavy atom. The predicted octanol–water partition coefficient (Wildman–Crippen LogP) is 13.8. The van der Waals surface area contributed by atoms with Gasteiger partial charge in [-0.15, -0.1) is 0 Å². The summed E-state index contributed by atoms with van der Waals surface area (Å²) in [7, 11) is 0. The molecule has 0 amide bonds. The van der Waals surface area contributed by atoms with Crippen molar-refractivity contribution in [3.8, 4) is 23.0 Å². The van der Waals surface area contributed by atoms with E-state index in [4.69, 9.17) is 0 Å². The molecule has 0 bridgehead atoms. The third kappa shape index (κ3) is 8.44. The zero-order valence-corrected chi connectivity index (χ0v) is 32.9. The Bertz CT molecular complexity index is 2110. The Morgan fingerprint density at radius 2 is 1.06 bits per heavy atom. The number of benzene rings is 5. The summed E-state index contributed by atoms with van der Waals surface area (Å²) in [5, 5.41) is 0.0891. The van der Waals surface area contributed by atoms with Crippen LogP contribution in [0.15, 0.2) is 128 Å². The minimum absolute atomic E-state index is 0.0891. The second kappa shape index (κ2) is 17.2. The SMILES string of the molecule is CCCCCCN1c2ccccc2Sc2cc(-c3ccc4c(c3)Sc3cc(C#Cc5ccc(SC(C)=O)cc5)ccc3N4CCCCCC)ccc21. The zero-order chi connectivity index (χ0) is 35.9. The van der Waals surface area contributed by atoms with Crippen LogP contribution in [0.4, 0.5) is 22.7 Å². The summed E-state index contributed by atoms with van der Waals surface area (Å²) in [6.45, 7) is 8.19. The molecule has 0 unspecified atom stereocenters. The molecule has 2 aliphatic heterocycles. The quantitative estimate of drug-likeness (QED) is 0.0717. The van der Waals surface area contributed by atoms with Crippen molar-refractivity contribution >= 4 is 63.2 Å². The molecule has 0 radical (unpaired) electrons. The molecule has 0 N–H and O–H groups in total. The number of fused-ring (bicyclic) bond motifs is 4. The fourth-order valence-corrected chi connectivity index (χ4v) is 9.86. The Morgan fingerprint density at radius 1 is 0.558 bits per heavy atom. The van der Waals surface area contributed by atoms with Gasteiger partial charge in [-0.25, -0.2) is 0 Å². The molecule has 0 saturated carbocycles. The number of thioether (sulfide) groups is 1. The molecule has 0 spiro atoms. The molecule has 5 aromatic carbocycles. The topological polar surface area (TPSA) is 23.6 Å². The molecular weight excluding hydrogens is 693 g/mol. The van der Waals surface area contributed by atoms with E-state index in [0.717, 1.165) is 35.5 Å². The van der Waals surface area contributed by atoms with Crippen LogP contribution in [0.3, 0.4) is 0 Å². The molecule has 0 aromatic heterocycles. The fraction of sp³-hybridized carbons (Fsp3) is 0.283. The molecule has 52 heavy (non-hydrogen) atoms. The first-order valence-electron chi connectivity index (χ1n) is 18.7. The van der Waals surface area contributed by atoms with Gasteiger partial charge in [0, 0.05) is 55.6 Å². The third-order valence-electron chi connectivity index (χ3n) is 9.62. The highest BCUT2D eigenvalue weighted by atomic mass is 32.2. The van der Waals surface area contributed by atoms with Gasteiger partial charge in [-0.05, 0) is 103 Å². The monoisotopic (exact) mass is 738 g/mol. The number of hydrogen-bond acceptors (Lipinski definition) is 6. The van der Waals surface area contributed by atoms with Crippen molar-refractivity contribution in [3.63, 3.8) is 0 Å². The van der Waals surface area contributed by atoms with Crippen LogP contribution in [-0.2, 0) is 4.79 Å². The van der Waals surface area contributed by atoms with E-state index in [-0.39, 0.29) is 5.12 Å². The van der Waals surface area contributed by atoms with Crippen molar-refractivity contribution in [2.24, 2.45) is 0 Å². The number of carbonyl (C=O) groups is 1. The summed E-state index contributed by atoms with van der Waals surface area (Å²) < 4.78 is 0. The molecule has 5 aromatic rings. The maximum Gasteiger partial charge on any atom is 0.190 e. The van der Waals surface area contributed by atoms with E-state index in [0.29, 0.717) is 0 Å². The van der Waals surface area contributed by atoms with E-state index in [1.54, 1.807) is 6.92 Å². The number of carbonyl (C=O) groups excluding carboxylic acids is 1. The molecule has 7 rings (SSSR count). The van der Waals surface area contributed by atoms with Crippen LogP contribution in [0.1, 0.15) is 83.3 Å². The number of para-hydroxylation sites is 1. The lowest BCUT2D eigenvalue weighted by Crippen LogP contribution is -2.22. The van der Waals surface area contributed by atoms with Gasteiger partial charge >= 0.3 is 0 Å². The third-order valence-corrected chi connectivity index (χ3v) is 12.6. The number of rotatable bonds is 12. The van der Waals surface area contributed by atoms with Gasteiger partial charge in [0.25, 0.3) is 0 Å². The first-order valence-corrected chi connectivity index (χ1v) is 21.2. The molecule has 0 saturated heterocycles. The van der Waals surface area contributed by atoms with Crippen molar-refractivity contribution in [2.75, 3.05) is 22.9 Å². The van der Waals surface area contributed by atoms with Gasteiger partial charge in [-0.2, -0.15) is 0 Å². The average molecular weight is 739 g/mol. The van der Waals surface area contributed by atoms with Gasteiger partial charge in [0.05, 0.1) is 22.7 Å². The number of nitrogens with zero attached hydrogens (tertiary/aromatic N) is 2. The van der Waals surface area contributed by atoms with Crippen LogP contribution in [0.2, 0.25) is 0 Å². The molecule has 3 nitrogen and oxygen atoms in total. The summed E-state index contributed by atoms with van der Waals surface area (Å²) >= 11 is 5.00. The lowest BCUT2D eigenvalue weighted by atomic mass is 10.0. The van der Waals surface area contributed by atoms with Crippen LogP contribution in [0.25, 0.3) is 11.1 Å². The zero-order valence-electron chi connectivity index (χ0n) is 30.4. The highest BCUT2D eigenvalue weighted by molar-refractivity contribution is 8.13. The number of hydrogen-bond donors (Lipinski definition) is 0. The number of unbranched alkanes of at least 4 members (excludes halogenated alkanes) is 6. The van der Waals surface area contributed by atoms with E-state index in [1.807, 2.05) is 47.8 Å². The van der Waals surface area contributed by atoms with Crippen molar-refractivity contribution in [2.45, 2.75) is 96.6 Å². The van der Waals surface area contributed by atoms with Gasteiger partial charge in [0.1, 0.15) is 0 Å². The van der Waals surface area contributed by atoms with Crippen molar-refractivity contribution < 1.29 is 4.79 Å². The van der Waals surface area contributed by atoms with Gasteiger partial charge < -0.3 is 9.80 Å². The molecule has 2 aliphatic rings. The van der Waals surface area contributed by atoms with E-state index >= 15 is 0 Å². The Labute approximate surface area is 323 Å². The number of anilines is 4. The maximum atomic E-state index is 11.5. The first-order chi connectivity index (χ1) is 25.5. The van der Waals surface area contributed by atoms with Crippen LogP contribution < -0.4 is 9.80 Å². The molecule has 0 fully saturated rings. The minimum atomic E-state index is 0.0891. The maximum absolute atomic E-state index is 11.5. The average Bonchev–Trinajstić information content (AvgIpc) is 3.16. The van der Waals surface area contributed by atoms with Crippen molar-refractivity contribution in [1.82, 2.24) is 0 Å². The van der Waals surface area contributed by atoms with Crippen LogP contribution in [0, 0.1) is 11.8 Å². The lowest BCUT2D eigenvalue weighted by Gasteiger charge is -2.34. The van der Waals surface area contributed by atoms with Gasteiger partial charge in [0.15, 0.2) is 5.12 Å². The van der Waals surface area contributed by atoms with Crippen LogP contribution in [0.5, 0.6) is 0 Å². The molecule has 2 heterocycles. The van der Waals surface area contributed by atoms with Gasteiger partial charge in [-0.3, -0.25) is 4.79 Å². The van der Waals surface area contributed by atoms with E-state index < -0.39 is 0 Å². The first kappa shape index (κ1) is 36.3. The summed E-state index contributed by atoms with van der Waals surface area (Å²) in [6.07, 6.45) is 9.91. The molecule has 264 valence electrons. The van der Waals surface area contributed by atoms with Crippen molar-refractivity contribution in [3.05, 3.63) is 114 Å². The highest BCUT2D eigenvalue weighted by Gasteiger charge is 2.26. The smallest absolute Gasteiger partial charge is 0.190 e. The molecular formula is C46H46N2OS3. The second-order valence-corrected chi connectivity index (χ2v) is 16.9. The Hall–Kier alpha value is -4.02. The summed E-state index contributed by atoms with van der Waals surface area (Å²) in [5.74, 6) is 6.74. The largest absolute Gasteiger partial charge is 0.340 e. The Kier molecular flexibility index (Phi) is 12.0. The van der Waals surface area contributed by atoms with Gasteiger partial charge in [-0.1, -0.05) is 124 Å². The second-order valence-electron chi connectivity index (χ2n) is 13.5. The normalized spacial score (nSPS) is 12.7. The van der Waals surface area contributed by atoms with Crippen LogP contribution >= 0.6 is 35.3 Å². The summed E-state index contributed by atoms with van der Waals surface area (Å²) in [6, 6.07) is 37.5. The molecule has 0 aliphatic carbocycles. The molecule has 6 heteroatoms. The standard InChI is InChI=1S/C46H46N2OS3/c1-4-6-8-12-28-47-39-14-10-11-15-43(39)51-45-31-36(21-26-41(45)47)37-22-27-42-46(32-37)52-44-30-35(20-25-40(44)48(42)29-13-9-7-5-2)17-16-34-18-23-38(24-19-34)50-33(3)49/h10-11,14-15,18-27,30-32H,4-9,12-13,28-29H2,1-3H3. The van der Waals surface area contributed by atoms with E-state index in [9.17, 15) is 4.79 Å². The van der Waals surface area contributed by atoms with Crippen LogP contribution in [-0.4, -0.2) is 18.2 Å². The lowest BCUT2D eigenvalue weighted by molar-refractivity contribution is -0.109. The fourth-order valence-electron chi connectivity index (χ4n) is 6.95. The summed E-state index contributed by atoms with van der Waals surface area (Å²) in [5.41, 5.74) is 9.66. The van der Waals surface area contributed by atoms with E-state index in [2.05, 4.69) is 114 Å².